The molecule has 2 aliphatic heterocycles. The molecule has 1 atom stereocenters. The largest absolute Gasteiger partial charge is 0.356 e. The number of likely N-dealkylation sites (tertiary alicyclic amines) is 1. The fourth-order valence-corrected chi connectivity index (χ4v) is 4.50. The van der Waals surface area contributed by atoms with E-state index in [4.69, 9.17) is 16.1 Å². The van der Waals surface area contributed by atoms with Crippen LogP contribution < -0.4 is 5.32 Å². The van der Waals surface area contributed by atoms with Gasteiger partial charge in [-0.1, -0.05) is 16.8 Å². The molecule has 9 heteroatoms. The molecule has 2 aliphatic rings. The van der Waals surface area contributed by atoms with Crippen LogP contribution in [0.1, 0.15) is 25.2 Å². The van der Waals surface area contributed by atoms with Gasteiger partial charge < -0.3 is 19.6 Å². The van der Waals surface area contributed by atoms with E-state index < -0.39 is 0 Å². The van der Waals surface area contributed by atoms with Crippen molar-refractivity contribution in [1.82, 2.24) is 30.2 Å². The SMILES string of the molecule is CN1CCN(CCCNC(=O)C2CCCN(Cc3nc(-c4ccc(Cl)cc4)no3)C2)CC1. The lowest BCUT2D eigenvalue weighted by Gasteiger charge is -2.32. The van der Waals surface area contributed by atoms with Gasteiger partial charge in [0.25, 0.3) is 0 Å². The lowest BCUT2D eigenvalue weighted by Crippen LogP contribution is -2.45. The molecule has 1 aromatic heterocycles. The van der Waals surface area contributed by atoms with Crippen LogP contribution in [0.4, 0.5) is 0 Å². The van der Waals surface area contributed by atoms with Gasteiger partial charge in [-0.05, 0) is 63.7 Å². The van der Waals surface area contributed by atoms with Crippen molar-refractivity contribution >= 4 is 17.5 Å². The van der Waals surface area contributed by atoms with Crippen LogP contribution in [0.25, 0.3) is 11.4 Å². The Morgan fingerprint density at radius 2 is 1.94 bits per heavy atom. The summed E-state index contributed by atoms with van der Waals surface area (Å²) in [5, 5.41) is 7.91. The Balaban J connectivity index is 1.19. The van der Waals surface area contributed by atoms with Crippen LogP contribution in [0.3, 0.4) is 0 Å². The number of nitrogens with zero attached hydrogens (tertiary/aromatic N) is 5. The molecule has 4 rings (SSSR count). The lowest BCUT2D eigenvalue weighted by molar-refractivity contribution is -0.126. The minimum absolute atomic E-state index is 0.0195. The second kappa shape index (κ2) is 11.2. The maximum atomic E-state index is 12.7. The lowest BCUT2D eigenvalue weighted by atomic mass is 9.97. The van der Waals surface area contributed by atoms with Crippen molar-refractivity contribution in [3.8, 4) is 11.4 Å². The molecule has 1 N–H and O–H groups in total. The highest BCUT2D eigenvalue weighted by Gasteiger charge is 2.27. The van der Waals surface area contributed by atoms with Gasteiger partial charge in [0.15, 0.2) is 0 Å². The fourth-order valence-electron chi connectivity index (χ4n) is 4.37. The van der Waals surface area contributed by atoms with Crippen LogP contribution >= 0.6 is 11.6 Å². The van der Waals surface area contributed by atoms with Gasteiger partial charge in [-0.3, -0.25) is 9.69 Å². The Kier molecular flexibility index (Phi) is 8.13. The molecule has 0 spiro atoms. The first-order chi connectivity index (χ1) is 15.6. The zero-order valence-electron chi connectivity index (χ0n) is 18.8. The van der Waals surface area contributed by atoms with Crippen LogP contribution in [0, 0.1) is 5.92 Å². The Labute approximate surface area is 194 Å². The van der Waals surface area contributed by atoms with E-state index in [-0.39, 0.29) is 11.8 Å². The molecule has 3 heterocycles. The average molecular weight is 461 g/mol. The van der Waals surface area contributed by atoms with E-state index >= 15 is 0 Å². The molecule has 32 heavy (non-hydrogen) atoms. The van der Waals surface area contributed by atoms with Crippen molar-refractivity contribution < 1.29 is 9.32 Å². The molecule has 2 fully saturated rings. The van der Waals surface area contributed by atoms with Crippen LogP contribution in [0.2, 0.25) is 5.02 Å². The third-order valence-electron chi connectivity index (χ3n) is 6.35. The van der Waals surface area contributed by atoms with Crippen LogP contribution in [-0.2, 0) is 11.3 Å². The minimum atomic E-state index is 0.0195. The Morgan fingerprint density at radius 3 is 2.72 bits per heavy atom. The average Bonchev–Trinajstić information content (AvgIpc) is 3.27. The smallest absolute Gasteiger partial charge is 0.241 e. The number of nitrogens with one attached hydrogen (secondary N) is 1. The van der Waals surface area contributed by atoms with E-state index in [1.807, 2.05) is 24.3 Å². The number of rotatable bonds is 8. The third kappa shape index (κ3) is 6.51. The first kappa shape index (κ1) is 23.2. The van der Waals surface area contributed by atoms with Crippen molar-refractivity contribution in [1.29, 1.82) is 0 Å². The molecule has 1 unspecified atom stereocenters. The number of amides is 1. The summed E-state index contributed by atoms with van der Waals surface area (Å²) in [6.07, 6.45) is 2.93. The van der Waals surface area contributed by atoms with Gasteiger partial charge in [-0.15, -0.1) is 0 Å². The van der Waals surface area contributed by atoms with Crippen LogP contribution in [0.15, 0.2) is 28.8 Å². The standard InChI is InChI=1S/C23H33ClN6O2/c1-28-12-14-29(15-13-28)11-3-9-25-23(31)19-4-2-10-30(16-19)17-21-26-22(27-32-21)18-5-7-20(24)8-6-18/h5-8,19H,2-4,9-17H2,1H3,(H,25,31). The van der Waals surface area contributed by atoms with Crippen molar-refractivity contribution in [2.45, 2.75) is 25.8 Å². The third-order valence-corrected chi connectivity index (χ3v) is 6.60. The molecule has 0 radical (unpaired) electrons. The number of halogens is 1. The summed E-state index contributed by atoms with van der Waals surface area (Å²) in [7, 11) is 2.17. The molecular weight excluding hydrogens is 428 g/mol. The summed E-state index contributed by atoms with van der Waals surface area (Å²) in [5.41, 5.74) is 0.872. The molecule has 2 saturated heterocycles. The monoisotopic (exact) mass is 460 g/mol. The molecular formula is C23H33ClN6O2. The first-order valence-corrected chi connectivity index (χ1v) is 11.9. The van der Waals surface area contributed by atoms with E-state index in [1.165, 1.54) is 0 Å². The van der Waals surface area contributed by atoms with Crippen molar-refractivity contribution in [3.63, 3.8) is 0 Å². The number of likely N-dealkylation sites (N-methyl/N-ethyl adjacent to an activating group) is 1. The molecule has 2 aromatic rings. The molecule has 0 bridgehead atoms. The molecule has 0 aliphatic carbocycles. The number of hydrogen-bond donors (Lipinski definition) is 1. The maximum absolute atomic E-state index is 12.7. The predicted octanol–water partition coefficient (Wildman–Crippen LogP) is 2.36. The summed E-state index contributed by atoms with van der Waals surface area (Å²) < 4.78 is 5.45. The van der Waals surface area contributed by atoms with E-state index in [0.29, 0.717) is 23.3 Å². The van der Waals surface area contributed by atoms with E-state index in [2.05, 4.69) is 37.2 Å². The first-order valence-electron chi connectivity index (χ1n) is 11.6. The number of benzene rings is 1. The summed E-state index contributed by atoms with van der Waals surface area (Å²) in [5.74, 6) is 1.32. The zero-order valence-corrected chi connectivity index (χ0v) is 19.6. The topological polar surface area (TPSA) is 77.7 Å². The summed E-state index contributed by atoms with van der Waals surface area (Å²) in [6.45, 7) is 8.53. The van der Waals surface area contributed by atoms with Crippen LogP contribution in [0.5, 0.6) is 0 Å². The fraction of sp³-hybridized carbons (Fsp3) is 0.609. The van der Waals surface area contributed by atoms with Gasteiger partial charge in [-0.2, -0.15) is 4.98 Å². The number of piperidine rings is 1. The highest BCUT2D eigenvalue weighted by Crippen LogP contribution is 2.21. The molecule has 1 aromatic carbocycles. The van der Waals surface area contributed by atoms with Gasteiger partial charge in [0.05, 0.1) is 12.5 Å². The normalized spacial score (nSPS) is 21.0. The van der Waals surface area contributed by atoms with Gasteiger partial charge in [-0.25, -0.2) is 0 Å². The van der Waals surface area contributed by atoms with Gasteiger partial charge in [0, 0.05) is 49.9 Å². The van der Waals surface area contributed by atoms with E-state index in [0.717, 1.165) is 77.2 Å². The van der Waals surface area contributed by atoms with E-state index in [1.54, 1.807) is 0 Å². The maximum Gasteiger partial charge on any atom is 0.241 e. The van der Waals surface area contributed by atoms with Gasteiger partial charge >= 0.3 is 0 Å². The summed E-state index contributed by atoms with van der Waals surface area (Å²) in [6, 6.07) is 7.38. The van der Waals surface area contributed by atoms with E-state index in [9.17, 15) is 4.79 Å². The number of carbonyl (C=O) groups is 1. The highest BCUT2D eigenvalue weighted by atomic mass is 35.5. The minimum Gasteiger partial charge on any atom is -0.356 e. The Bertz CT molecular complexity index is 866. The molecule has 8 nitrogen and oxygen atoms in total. The van der Waals surface area contributed by atoms with Gasteiger partial charge in [0.1, 0.15) is 0 Å². The van der Waals surface area contributed by atoms with Crippen molar-refractivity contribution in [3.05, 3.63) is 35.2 Å². The molecule has 1 amide bonds. The second-order valence-electron chi connectivity index (χ2n) is 8.88. The molecule has 0 saturated carbocycles. The summed E-state index contributed by atoms with van der Waals surface area (Å²) >= 11 is 5.95. The highest BCUT2D eigenvalue weighted by molar-refractivity contribution is 6.30. The zero-order chi connectivity index (χ0) is 22.3. The summed E-state index contributed by atoms with van der Waals surface area (Å²) in [4.78, 5) is 24.3. The second-order valence-corrected chi connectivity index (χ2v) is 9.32. The predicted molar refractivity (Wildman–Crippen MR) is 124 cm³/mol. The number of hydrogen-bond acceptors (Lipinski definition) is 7. The molecule has 174 valence electrons. The van der Waals surface area contributed by atoms with Crippen LogP contribution in [-0.4, -0.2) is 90.2 Å². The quantitative estimate of drug-likeness (QED) is 0.606. The Hall–Kier alpha value is -2.00. The van der Waals surface area contributed by atoms with Gasteiger partial charge in [0.2, 0.25) is 17.6 Å². The number of piperazine rings is 1. The van der Waals surface area contributed by atoms with Crippen molar-refractivity contribution in [2.24, 2.45) is 5.92 Å². The Morgan fingerprint density at radius 1 is 1.16 bits per heavy atom. The number of aromatic nitrogens is 2. The number of carbonyl (C=O) groups excluding carboxylic acids is 1. The van der Waals surface area contributed by atoms with Crippen molar-refractivity contribution in [2.75, 3.05) is 59.4 Å².